The Morgan fingerprint density at radius 3 is 1.25 bits per heavy atom. The number of aliphatic carboxylic acids is 2. The van der Waals surface area contributed by atoms with E-state index >= 15 is 0 Å². The molecule has 0 rings (SSSR count). The van der Waals surface area contributed by atoms with Gasteiger partial charge in [-0.25, -0.2) is 0 Å². The Morgan fingerprint density at radius 2 is 1.08 bits per heavy atom. The van der Waals surface area contributed by atoms with E-state index in [1.807, 2.05) is 0 Å². The fourth-order valence-corrected chi connectivity index (χ4v) is 0.552. The maximum atomic E-state index is 9.90. The lowest BCUT2D eigenvalue weighted by Crippen LogP contribution is -1.97. The van der Waals surface area contributed by atoms with Crippen LogP contribution in [0.3, 0.4) is 0 Å². The van der Waals surface area contributed by atoms with E-state index in [0.29, 0.717) is 12.8 Å². The number of carboxylic acid groups (broad SMARTS) is 2. The van der Waals surface area contributed by atoms with E-state index < -0.39 is 11.9 Å². The molecule has 12 heavy (non-hydrogen) atoms. The number of carbonyl (C=O) groups is 2. The standard InChI is InChI=1S/C6H10O4.2H2O/c7-5(8)3-1-2-4-6(9)10;;/h1-4H2,(H,7,8)(H,9,10);2*1H2. The van der Waals surface area contributed by atoms with Gasteiger partial charge in [-0.3, -0.25) is 9.59 Å². The molecular formula is C6H14O6. The highest BCUT2D eigenvalue weighted by atomic mass is 16.4. The normalized spacial score (nSPS) is 7.67. The van der Waals surface area contributed by atoms with Gasteiger partial charge in [0.1, 0.15) is 0 Å². The van der Waals surface area contributed by atoms with Crippen LogP contribution in [0.25, 0.3) is 0 Å². The molecule has 0 amide bonds. The van der Waals surface area contributed by atoms with Crippen LogP contribution in [-0.4, -0.2) is 33.1 Å². The zero-order valence-electron chi connectivity index (χ0n) is 6.54. The summed E-state index contributed by atoms with van der Waals surface area (Å²) in [5.74, 6) is -1.74. The van der Waals surface area contributed by atoms with E-state index in [9.17, 15) is 9.59 Å². The van der Waals surface area contributed by atoms with E-state index in [4.69, 9.17) is 10.2 Å². The molecule has 0 unspecified atom stereocenters. The van der Waals surface area contributed by atoms with Crippen molar-refractivity contribution in [3.63, 3.8) is 0 Å². The molecule has 0 aliphatic carbocycles. The van der Waals surface area contributed by atoms with Crippen molar-refractivity contribution in [1.29, 1.82) is 0 Å². The Kier molecular flexibility index (Phi) is 14.0. The third-order valence-electron chi connectivity index (χ3n) is 1.03. The molecule has 0 aromatic rings. The molecule has 0 saturated carbocycles. The van der Waals surface area contributed by atoms with Crippen LogP contribution in [0.5, 0.6) is 0 Å². The zero-order valence-corrected chi connectivity index (χ0v) is 6.54. The molecule has 0 saturated heterocycles. The van der Waals surface area contributed by atoms with E-state index in [1.165, 1.54) is 0 Å². The molecule has 0 heterocycles. The summed E-state index contributed by atoms with van der Waals surface area (Å²) >= 11 is 0. The summed E-state index contributed by atoms with van der Waals surface area (Å²) < 4.78 is 0. The van der Waals surface area contributed by atoms with E-state index in [0.717, 1.165) is 0 Å². The van der Waals surface area contributed by atoms with Gasteiger partial charge in [-0.2, -0.15) is 0 Å². The van der Waals surface area contributed by atoms with E-state index in [-0.39, 0.29) is 23.8 Å². The Labute approximate surface area is 69.4 Å². The van der Waals surface area contributed by atoms with Gasteiger partial charge >= 0.3 is 11.9 Å². The highest BCUT2D eigenvalue weighted by Crippen LogP contribution is 1.98. The van der Waals surface area contributed by atoms with Crippen LogP contribution < -0.4 is 0 Å². The van der Waals surface area contributed by atoms with Crippen LogP contribution in [-0.2, 0) is 9.59 Å². The van der Waals surface area contributed by atoms with Gasteiger partial charge in [0.05, 0.1) is 0 Å². The third-order valence-corrected chi connectivity index (χ3v) is 1.03. The van der Waals surface area contributed by atoms with Crippen molar-refractivity contribution < 1.29 is 30.8 Å². The van der Waals surface area contributed by atoms with Crippen LogP contribution in [0.4, 0.5) is 0 Å². The number of unbranched alkanes of at least 4 members (excludes halogenated alkanes) is 1. The second-order valence-corrected chi connectivity index (χ2v) is 1.99. The molecule has 0 aromatic heterocycles. The van der Waals surface area contributed by atoms with Crippen molar-refractivity contribution >= 4 is 11.9 Å². The average molecular weight is 182 g/mol. The lowest BCUT2D eigenvalue weighted by atomic mass is 10.2. The Bertz CT molecular complexity index is 116. The Balaban J connectivity index is -0.000000405. The first kappa shape index (κ1) is 17.1. The van der Waals surface area contributed by atoms with Crippen molar-refractivity contribution in [3.8, 4) is 0 Å². The van der Waals surface area contributed by atoms with Crippen LogP contribution in [0.2, 0.25) is 0 Å². The molecule has 0 aromatic carbocycles. The van der Waals surface area contributed by atoms with Gasteiger partial charge < -0.3 is 21.2 Å². The molecule has 74 valence electrons. The number of hydrogen-bond donors (Lipinski definition) is 2. The molecule has 0 fully saturated rings. The number of carboxylic acids is 2. The summed E-state index contributed by atoms with van der Waals surface area (Å²) in [6.45, 7) is 0. The Hall–Kier alpha value is -1.14. The molecule has 0 spiro atoms. The summed E-state index contributed by atoms with van der Waals surface area (Å²) in [5.41, 5.74) is 0. The van der Waals surface area contributed by atoms with Crippen LogP contribution in [0, 0.1) is 0 Å². The van der Waals surface area contributed by atoms with Crippen molar-refractivity contribution in [2.45, 2.75) is 25.7 Å². The first-order valence-corrected chi connectivity index (χ1v) is 3.06. The van der Waals surface area contributed by atoms with Crippen molar-refractivity contribution in [3.05, 3.63) is 0 Å². The van der Waals surface area contributed by atoms with Gasteiger partial charge in [-0.15, -0.1) is 0 Å². The predicted octanol–water partition coefficient (Wildman–Crippen LogP) is -0.933. The first-order chi connectivity index (χ1) is 4.63. The maximum absolute atomic E-state index is 9.90. The molecule has 6 N–H and O–H groups in total. The highest BCUT2D eigenvalue weighted by molar-refractivity contribution is 5.67. The van der Waals surface area contributed by atoms with Crippen molar-refractivity contribution in [1.82, 2.24) is 0 Å². The minimum atomic E-state index is -0.870. The SMILES string of the molecule is O.O.O=C(O)CCCCC(=O)O. The van der Waals surface area contributed by atoms with Gasteiger partial charge in [-0.05, 0) is 12.8 Å². The fourth-order valence-electron chi connectivity index (χ4n) is 0.552. The Morgan fingerprint density at radius 1 is 0.833 bits per heavy atom. The summed E-state index contributed by atoms with van der Waals surface area (Å²) in [6.07, 6.45) is 1.02. The molecule has 0 atom stereocenters. The molecule has 0 radical (unpaired) electrons. The van der Waals surface area contributed by atoms with Crippen LogP contribution in [0.1, 0.15) is 25.7 Å². The van der Waals surface area contributed by atoms with Gasteiger partial charge in [-0.1, -0.05) is 0 Å². The van der Waals surface area contributed by atoms with Gasteiger partial charge in [0, 0.05) is 12.8 Å². The molecule has 0 aliphatic rings. The first-order valence-electron chi connectivity index (χ1n) is 3.06. The van der Waals surface area contributed by atoms with Crippen molar-refractivity contribution in [2.24, 2.45) is 0 Å². The minimum absolute atomic E-state index is 0. The van der Waals surface area contributed by atoms with Gasteiger partial charge in [0.25, 0.3) is 0 Å². The second-order valence-electron chi connectivity index (χ2n) is 1.99. The molecular weight excluding hydrogens is 168 g/mol. The molecule has 6 nitrogen and oxygen atoms in total. The quantitative estimate of drug-likeness (QED) is 0.530. The smallest absolute Gasteiger partial charge is 0.303 e. The van der Waals surface area contributed by atoms with Crippen LogP contribution >= 0.6 is 0 Å². The monoisotopic (exact) mass is 182 g/mol. The largest absolute Gasteiger partial charge is 0.481 e. The number of hydrogen-bond acceptors (Lipinski definition) is 2. The van der Waals surface area contributed by atoms with Gasteiger partial charge in [0.2, 0.25) is 0 Å². The van der Waals surface area contributed by atoms with Crippen molar-refractivity contribution in [2.75, 3.05) is 0 Å². The molecule has 0 bridgehead atoms. The predicted molar refractivity (Wildman–Crippen MR) is 41.0 cm³/mol. The summed E-state index contributed by atoms with van der Waals surface area (Å²) in [7, 11) is 0. The lowest BCUT2D eigenvalue weighted by molar-refractivity contribution is -0.139. The van der Waals surface area contributed by atoms with E-state index in [2.05, 4.69) is 0 Å². The van der Waals surface area contributed by atoms with Crippen LogP contribution in [0.15, 0.2) is 0 Å². The average Bonchev–Trinajstić information content (AvgIpc) is 1.79. The van der Waals surface area contributed by atoms with Gasteiger partial charge in [0.15, 0.2) is 0 Å². The second kappa shape index (κ2) is 9.86. The maximum Gasteiger partial charge on any atom is 0.303 e. The lowest BCUT2D eigenvalue weighted by Gasteiger charge is -1.92. The minimum Gasteiger partial charge on any atom is -0.481 e. The third kappa shape index (κ3) is 15.9. The summed E-state index contributed by atoms with van der Waals surface area (Å²) in [4.78, 5) is 19.8. The molecule has 0 aliphatic heterocycles. The fraction of sp³-hybridized carbons (Fsp3) is 0.667. The van der Waals surface area contributed by atoms with E-state index in [1.54, 1.807) is 0 Å². The summed E-state index contributed by atoms with van der Waals surface area (Å²) in [6, 6.07) is 0. The zero-order chi connectivity index (χ0) is 7.98. The highest BCUT2D eigenvalue weighted by Gasteiger charge is 1.99. The molecule has 6 heteroatoms. The number of rotatable bonds is 5. The topological polar surface area (TPSA) is 138 Å². The summed E-state index contributed by atoms with van der Waals surface area (Å²) in [5, 5.41) is 16.3.